The Balaban J connectivity index is 1.43. The highest BCUT2D eigenvalue weighted by Crippen LogP contribution is 2.41. The summed E-state index contributed by atoms with van der Waals surface area (Å²) in [5.41, 5.74) is 2.55. The third kappa shape index (κ3) is 3.72. The predicted octanol–water partition coefficient (Wildman–Crippen LogP) is 6.75. The van der Waals surface area contributed by atoms with Gasteiger partial charge in [0.2, 0.25) is 5.88 Å². The summed E-state index contributed by atoms with van der Waals surface area (Å²) in [5, 5.41) is 1.90. The quantitative estimate of drug-likeness (QED) is 0.304. The number of anilines is 1. The van der Waals surface area contributed by atoms with E-state index in [9.17, 15) is 0 Å². The van der Waals surface area contributed by atoms with Crippen molar-refractivity contribution in [3.63, 3.8) is 0 Å². The maximum absolute atomic E-state index is 6.44. The van der Waals surface area contributed by atoms with Gasteiger partial charge in [0.15, 0.2) is 0 Å². The zero-order valence-electron chi connectivity index (χ0n) is 18.0. The van der Waals surface area contributed by atoms with E-state index in [0.717, 1.165) is 34.5 Å². The Kier molecular flexibility index (Phi) is 4.61. The first-order valence-corrected chi connectivity index (χ1v) is 10.7. The standard InChI is InChI=1S/C27H21N3O3/c1-29-13-14-30(18-29)19-7-6-8-20(15-19)31-24-16-21(32-26-11-4-5-12-28-26)17-25-27(24)22-9-2-3-10-23(22)33-25/h2-17H,18H2,1H3. The summed E-state index contributed by atoms with van der Waals surface area (Å²) >= 11 is 0. The zero-order valence-corrected chi connectivity index (χ0v) is 18.0. The van der Waals surface area contributed by atoms with Gasteiger partial charge in [-0.1, -0.05) is 30.3 Å². The molecule has 0 unspecified atom stereocenters. The van der Waals surface area contributed by atoms with Gasteiger partial charge in [-0.2, -0.15) is 0 Å². The van der Waals surface area contributed by atoms with Crippen molar-refractivity contribution < 1.29 is 13.9 Å². The van der Waals surface area contributed by atoms with Crippen molar-refractivity contribution in [1.29, 1.82) is 0 Å². The molecule has 33 heavy (non-hydrogen) atoms. The van der Waals surface area contributed by atoms with Crippen molar-refractivity contribution in [3.05, 3.63) is 97.5 Å². The van der Waals surface area contributed by atoms with Gasteiger partial charge >= 0.3 is 0 Å². The Bertz CT molecular complexity index is 1480. The van der Waals surface area contributed by atoms with Gasteiger partial charge in [0.25, 0.3) is 0 Å². The molecule has 6 nitrogen and oxygen atoms in total. The number of fused-ring (bicyclic) bond motifs is 3. The normalized spacial score (nSPS) is 13.2. The highest BCUT2D eigenvalue weighted by atomic mass is 16.5. The Morgan fingerprint density at radius 2 is 1.73 bits per heavy atom. The van der Waals surface area contributed by atoms with E-state index in [1.165, 1.54) is 0 Å². The lowest BCUT2D eigenvalue weighted by Gasteiger charge is -2.19. The molecular weight excluding hydrogens is 414 g/mol. The van der Waals surface area contributed by atoms with Gasteiger partial charge in [-0.05, 0) is 24.3 Å². The van der Waals surface area contributed by atoms with Crippen LogP contribution in [-0.4, -0.2) is 23.6 Å². The highest BCUT2D eigenvalue weighted by Gasteiger charge is 2.17. The van der Waals surface area contributed by atoms with Crippen LogP contribution in [0.15, 0.2) is 102 Å². The predicted molar refractivity (Wildman–Crippen MR) is 129 cm³/mol. The van der Waals surface area contributed by atoms with Crippen LogP contribution in [0.3, 0.4) is 0 Å². The first-order valence-electron chi connectivity index (χ1n) is 10.7. The van der Waals surface area contributed by atoms with Crippen LogP contribution in [0.4, 0.5) is 5.69 Å². The van der Waals surface area contributed by atoms with Crippen molar-refractivity contribution in [1.82, 2.24) is 9.88 Å². The average molecular weight is 435 g/mol. The van der Waals surface area contributed by atoms with Gasteiger partial charge in [-0.25, -0.2) is 4.98 Å². The molecule has 1 aliphatic heterocycles. The topological polar surface area (TPSA) is 51.0 Å². The van der Waals surface area contributed by atoms with Crippen molar-refractivity contribution in [2.75, 3.05) is 18.6 Å². The summed E-state index contributed by atoms with van der Waals surface area (Å²) in [6, 6.07) is 25.3. The summed E-state index contributed by atoms with van der Waals surface area (Å²) < 4.78 is 18.6. The minimum absolute atomic E-state index is 0.505. The summed E-state index contributed by atoms with van der Waals surface area (Å²) in [5.74, 6) is 2.49. The smallest absolute Gasteiger partial charge is 0.219 e. The van der Waals surface area contributed by atoms with E-state index >= 15 is 0 Å². The van der Waals surface area contributed by atoms with Gasteiger partial charge in [0, 0.05) is 61.0 Å². The molecular formula is C27H21N3O3. The Labute approximate surface area is 190 Å². The first-order chi connectivity index (χ1) is 16.2. The van der Waals surface area contributed by atoms with Gasteiger partial charge in [-0.15, -0.1) is 0 Å². The molecule has 0 atom stereocenters. The summed E-state index contributed by atoms with van der Waals surface area (Å²) in [6.45, 7) is 0.799. The van der Waals surface area contributed by atoms with Crippen LogP contribution in [0.25, 0.3) is 21.9 Å². The van der Waals surface area contributed by atoms with E-state index in [-0.39, 0.29) is 0 Å². The second-order valence-corrected chi connectivity index (χ2v) is 7.93. The van der Waals surface area contributed by atoms with Crippen LogP contribution in [-0.2, 0) is 0 Å². The summed E-state index contributed by atoms with van der Waals surface area (Å²) in [6.07, 6.45) is 5.80. The zero-order chi connectivity index (χ0) is 22.2. The number of ether oxygens (including phenoxy) is 2. The molecule has 3 heterocycles. The second-order valence-electron chi connectivity index (χ2n) is 7.93. The van der Waals surface area contributed by atoms with E-state index in [0.29, 0.717) is 23.0 Å². The highest BCUT2D eigenvalue weighted by molar-refractivity contribution is 6.08. The van der Waals surface area contributed by atoms with Gasteiger partial charge in [0.1, 0.15) is 28.4 Å². The molecule has 0 saturated carbocycles. The van der Waals surface area contributed by atoms with Crippen molar-refractivity contribution in [3.8, 4) is 23.1 Å². The molecule has 0 spiro atoms. The molecule has 0 amide bonds. The molecule has 0 bridgehead atoms. The molecule has 0 radical (unpaired) electrons. The van der Waals surface area contributed by atoms with Gasteiger partial charge in [0.05, 0.1) is 12.1 Å². The summed E-state index contributed by atoms with van der Waals surface area (Å²) in [4.78, 5) is 8.54. The van der Waals surface area contributed by atoms with E-state index < -0.39 is 0 Å². The Morgan fingerprint density at radius 3 is 2.58 bits per heavy atom. The Morgan fingerprint density at radius 1 is 0.818 bits per heavy atom. The molecule has 1 aliphatic rings. The first kappa shape index (κ1) is 19.3. The minimum atomic E-state index is 0.505. The van der Waals surface area contributed by atoms with Crippen LogP contribution in [0.1, 0.15) is 0 Å². The van der Waals surface area contributed by atoms with Crippen molar-refractivity contribution in [2.24, 2.45) is 0 Å². The molecule has 6 rings (SSSR count). The molecule has 2 aromatic heterocycles. The molecule has 5 aromatic rings. The van der Waals surface area contributed by atoms with Gasteiger partial charge < -0.3 is 23.7 Å². The van der Waals surface area contributed by atoms with E-state index in [4.69, 9.17) is 13.9 Å². The lowest BCUT2D eigenvalue weighted by molar-refractivity contribution is 0.451. The number of rotatable bonds is 5. The van der Waals surface area contributed by atoms with Crippen LogP contribution in [0.2, 0.25) is 0 Å². The largest absolute Gasteiger partial charge is 0.456 e. The molecule has 162 valence electrons. The number of hydrogen-bond donors (Lipinski definition) is 0. The van der Waals surface area contributed by atoms with Crippen molar-refractivity contribution in [2.45, 2.75) is 0 Å². The average Bonchev–Trinajstić information content (AvgIpc) is 3.43. The lowest BCUT2D eigenvalue weighted by Crippen LogP contribution is -2.21. The number of furan rings is 1. The molecule has 6 heteroatoms. The third-order valence-corrected chi connectivity index (χ3v) is 5.53. The fourth-order valence-electron chi connectivity index (χ4n) is 4.01. The SMILES string of the molecule is CN1C=CN(c2cccc(Oc3cc(Oc4ccccn4)cc4oc5ccccc5c34)c2)C1. The molecule has 0 aliphatic carbocycles. The number of nitrogens with zero attached hydrogens (tertiary/aromatic N) is 3. The second kappa shape index (κ2) is 7.91. The Hall–Kier alpha value is -4.45. The fourth-order valence-corrected chi connectivity index (χ4v) is 4.01. The number of para-hydroxylation sites is 1. The van der Waals surface area contributed by atoms with Gasteiger partial charge in [-0.3, -0.25) is 0 Å². The van der Waals surface area contributed by atoms with Crippen LogP contribution in [0, 0.1) is 0 Å². The maximum Gasteiger partial charge on any atom is 0.219 e. The summed E-state index contributed by atoms with van der Waals surface area (Å²) in [7, 11) is 2.05. The molecule has 0 saturated heterocycles. The molecule has 0 fully saturated rings. The van der Waals surface area contributed by atoms with Crippen LogP contribution >= 0.6 is 0 Å². The van der Waals surface area contributed by atoms with Crippen molar-refractivity contribution >= 4 is 27.6 Å². The lowest BCUT2D eigenvalue weighted by atomic mass is 10.1. The number of hydrogen-bond acceptors (Lipinski definition) is 6. The monoisotopic (exact) mass is 435 g/mol. The fraction of sp³-hybridized carbons (Fsp3) is 0.0741. The number of pyridine rings is 1. The van der Waals surface area contributed by atoms with E-state index in [2.05, 4.69) is 27.1 Å². The third-order valence-electron chi connectivity index (χ3n) is 5.53. The molecule has 3 aromatic carbocycles. The van der Waals surface area contributed by atoms with Crippen LogP contribution in [0.5, 0.6) is 23.1 Å². The minimum Gasteiger partial charge on any atom is -0.456 e. The maximum atomic E-state index is 6.44. The van der Waals surface area contributed by atoms with E-state index in [1.807, 2.05) is 86.0 Å². The number of aromatic nitrogens is 1. The number of benzene rings is 3. The van der Waals surface area contributed by atoms with E-state index in [1.54, 1.807) is 6.20 Å². The molecule has 0 N–H and O–H groups in total. The van der Waals surface area contributed by atoms with Crippen LogP contribution < -0.4 is 14.4 Å².